The highest BCUT2D eigenvalue weighted by atomic mass is 16.6. The number of ether oxygens (including phenoxy) is 1. The van der Waals surface area contributed by atoms with Crippen molar-refractivity contribution in [2.45, 2.75) is 6.54 Å². The molecule has 2 aromatic carbocycles. The van der Waals surface area contributed by atoms with Gasteiger partial charge in [0.2, 0.25) is 0 Å². The molecule has 23 heavy (non-hydrogen) atoms. The number of esters is 1. The SMILES string of the molecule is COC(=O)c1ccc2c(ccn2Cc2ccc([N+](=O)[O-])cc2)c1. The van der Waals surface area contributed by atoms with Gasteiger partial charge in [-0.15, -0.1) is 0 Å². The molecule has 3 rings (SSSR count). The number of hydrogen-bond acceptors (Lipinski definition) is 4. The third-order valence-corrected chi connectivity index (χ3v) is 3.69. The predicted molar refractivity (Wildman–Crippen MR) is 85.5 cm³/mol. The highest BCUT2D eigenvalue weighted by molar-refractivity contribution is 5.94. The first-order valence-corrected chi connectivity index (χ1v) is 6.99. The number of fused-ring (bicyclic) bond motifs is 1. The maximum Gasteiger partial charge on any atom is 0.337 e. The fourth-order valence-electron chi connectivity index (χ4n) is 2.50. The van der Waals surface area contributed by atoms with Crippen molar-refractivity contribution < 1.29 is 14.5 Å². The summed E-state index contributed by atoms with van der Waals surface area (Å²) in [6.45, 7) is 0.596. The van der Waals surface area contributed by atoms with Crippen molar-refractivity contribution in [2.24, 2.45) is 0 Å². The van der Waals surface area contributed by atoms with E-state index < -0.39 is 4.92 Å². The summed E-state index contributed by atoms with van der Waals surface area (Å²) >= 11 is 0. The number of nitrogens with zero attached hydrogens (tertiary/aromatic N) is 2. The molecule has 0 spiro atoms. The van der Waals surface area contributed by atoms with Crippen LogP contribution in [0.2, 0.25) is 0 Å². The van der Waals surface area contributed by atoms with Crippen molar-refractivity contribution in [1.82, 2.24) is 4.57 Å². The van der Waals surface area contributed by atoms with E-state index in [1.165, 1.54) is 19.2 Å². The summed E-state index contributed by atoms with van der Waals surface area (Å²) in [5.41, 5.74) is 2.53. The number of rotatable bonds is 4. The lowest BCUT2D eigenvalue weighted by atomic mass is 10.1. The van der Waals surface area contributed by atoms with Crippen LogP contribution in [-0.4, -0.2) is 22.6 Å². The molecule has 0 aliphatic carbocycles. The standard InChI is InChI=1S/C17H14N2O4/c1-23-17(20)14-4-7-16-13(10-14)8-9-18(16)11-12-2-5-15(6-3-12)19(21)22/h2-10H,11H2,1H3. The van der Waals surface area contributed by atoms with Crippen LogP contribution in [0.5, 0.6) is 0 Å². The highest BCUT2D eigenvalue weighted by Gasteiger charge is 2.09. The van der Waals surface area contributed by atoms with Gasteiger partial charge in [-0.2, -0.15) is 0 Å². The molecule has 0 unspecified atom stereocenters. The lowest BCUT2D eigenvalue weighted by Gasteiger charge is -2.06. The molecule has 6 nitrogen and oxygen atoms in total. The topological polar surface area (TPSA) is 74.4 Å². The van der Waals surface area contributed by atoms with Crippen LogP contribution in [0.4, 0.5) is 5.69 Å². The zero-order valence-electron chi connectivity index (χ0n) is 12.4. The molecule has 0 N–H and O–H groups in total. The fraction of sp³-hybridized carbons (Fsp3) is 0.118. The van der Waals surface area contributed by atoms with Gasteiger partial charge >= 0.3 is 5.97 Å². The summed E-state index contributed by atoms with van der Waals surface area (Å²) in [6, 6.07) is 13.8. The first kappa shape index (κ1) is 14.8. The second kappa shape index (κ2) is 5.92. The maximum atomic E-state index is 11.6. The molecule has 0 aliphatic rings. The number of benzene rings is 2. The zero-order valence-corrected chi connectivity index (χ0v) is 12.4. The first-order chi connectivity index (χ1) is 11.1. The van der Waals surface area contributed by atoms with Gasteiger partial charge in [-0.05, 0) is 29.8 Å². The number of nitro groups is 1. The minimum Gasteiger partial charge on any atom is -0.465 e. The van der Waals surface area contributed by atoms with Gasteiger partial charge in [-0.25, -0.2) is 4.79 Å². The third-order valence-electron chi connectivity index (χ3n) is 3.69. The second-order valence-corrected chi connectivity index (χ2v) is 5.13. The summed E-state index contributed by atoms with van der Waals surface area (Å²) in [5.74, 6) is -0.366. The molecule has 0 aliphatic heterocycles. The summed E-state index contributed by atoms with van der Waals surface area (Å²) in [6.07, 6.45) is 1.92. The molecule has 0 saturated carbocycles. The Morgan fingerprint density at radius 3 is 2.57 bits per heavy atom. The summed E-state index contributed by atoms with van der Waals surface area (Å²) in [4.78, 5) is 21.8. The molecule has 116 valence electrons. The van der Waals surface area contributed by atoms with Crippen molar-refractivity contribution in [1.29, 1.82) is 0 Å². The minimum atomic E-state index is -0.414. The van der Waals surface area contributed by atoms with Crippen molar-refractivity contribution in [3.8, 4) is 0 Å². The third kappa shape index (κ3) is 2.91. The Kier molecular flexibility index (Phi) is 3.80. The molecule has 3 aromatic rings. The van der Waals surface area contributed by atoms with Crippen molar-refractivity contribution in [2.75, 3.05) is 7.11 Å². The van der Waals surface area contributed by atoms with Crippen LogP contribution in [0.3, 0.4) is 0 Å². The first-order valence-electron chi connectivity index (χ1n) is 6.99. The average Bonchev–Trinajstić information content (AvgIpc) is 2.96. The number of non-ortho nitro benzene ring substituents is 1. The fourth-order valence-corrected chi connectivity index (χ4v) is 2.50. The highest BCUT2D eigenvalue weighted by Crippen LogP contribution is 2.20. The Hall–Kier alpha value is -3.15. The molecule has 1 aromatic heterocycles. The predicted octanol–water partition coefficient (Wildman–Crippen LogP) is 3.38. The van der Waals surface area contributed by atoms with E-state index >= 15 is 0 Å². The quantitative estimate of drug-likeness (QED) is 0.420. The molecule has 1 heterocycles. The van der Waals surface area contributed by atoms with Crippen LogP contribution in [0, 0.1) is 10.1 Å². The average molecular weight is 310 g/mol. The Bertz CT molecular complexity index is 881. The lowest BCUT2D eigenvalue weighted by Crippen LogP contribution is -2.01. The molecule has 0 saturated heterocycles. The van der Waals surface area contributed by atoms with Gasteiger partial charge in [0.1, 0.15) is 0 Å². The van der Waals surface area contributed by atoms with Gasteiger partial charge in [0.25, 0.3) is 5.69 Å². The van der Waals surface area contributed by atoms with E-state index in [1.807, 2.05) is 22.9 Å². The molecular weight excluding hydrogens is 296 g/mol. The largest absolute Gasteiger partial charge is 0.465 e. The van der Waals surface area contributed by atoms with Gasteiger partial charge in [0, 0.05) is 35.8 Å². The van der Waals surface area contributed by atoms with Crippen LogP contribution in [0.25, 0.3) is 10.9 Å². The smallest absolute Gasteiger partial charge is 0.337 e. The number of hydrogen-bond donors (Lipinski definition) is 0. The number of carbonyl (C=O) groups is 1. The van der Waals surface area contributed by atoms with Crippen molar-refractivity contribution in [3.05, 3.63) is 76.0 Å². The Morgan fingerprint density at radius 1 is 1.17 bits per heavy atom. The Balaban J connectivity index is 1.88. The van der Waals surface area contributed by atoms with Crippen LogP contribution < -0.4 is 0 Å². The minimum absolute atomic E-state index is 0.0776. The Labute approximate surface area is 132 Å². The van der Waals surface area contributed by atoms with Gasteiger partial charge in [0.15, 0.2) is 0 Å². The molecule has 0 fully saturated rings. The van der Waals surface area contributed by atoms with E-state index in [0.717, 1.165) is 16.5 Å². The second-order valence-electron chi connectivity index (χ2n) is 5.13. The molecule has 0 atom stereocenters. The summed E-state index contributed by atoms with van der Waals surface area (Å²) < 4.78 is 6.74. The van der Waals surface area contributed by atoms with E-state index in [0.29, 0.717) is 12.1 Å². The van der Waals surface area contributed by atoms with Gasteiger partial charge in [-0.1, -0.05) is 12.1 Å². The Morgan fingerprint density at radius 2 is 1.91 bits per heavy atom. The van der Waals surface area contributed by atoms with Crippen LogP contribution in [0.15, 0.2) is 54.7 Å². The number of carbonyl (C=O) groups excluding carboxylic acids is 1. The van der Waals surface area contributed by atoms with E-state index in [4.69, 9.17) is 4.74 Å². The van der Waals surface area contributed by atoms with E-state index in [2.05, 4.69) is 0 Å². The van der Waals surface area contributed by atoms with Gasteiger partial charge in [-0.3, -0.25) is 10.1 Å². The normalized spacial score (nSPS) is 10.7. The number of methoxy groups -OCH3 is 1. The number of aromatic nitrogens is 1. The van der Waals surface area contributed by atoms with Gasteiger partial charge in [0.05, 0.1) is 17.6 Å². The molecule has 0 radical (unpaired) electrons. The monoisotopic (exact) mass is 310 g/mol. The maximum absolute atomic E-state index is 11.6. The van der Waals surface area contributed by atoms with Crippen LogP contribution in [0.1, 0.15) is 15.9 Å². The summed E-state index contributed by atoms with van der Waals surface area (Å²) in [5, 5.41) is 11.6. The van der Waals surface area contributed by atoms with E-state index in [9.17, 15) is 14.9 Å². The van der Waals surface area contributed by atoms with Crippen LogP contribution >= 0.6 is 0 Å². The van der Waals surface area contributed by atoms with E-state index in [-0.39, 0.29) is 11.7 Å². The lowest BCUT2D eigenvalue weighted by molar-refractivity contribution is -0.384. The van der Waals surface area contributed by atoms with Crippen LogP contribution in [-0.2, 0) is 11.3 Å². The molecular formula is C17H14N2O4. The zero-order chi connectivity index (χ0) is 16.4. The molecule has 6 heteroatoms. The summed E-state index contributed by atoms with van der Waals surface area (Å²) in [7, 11) is 1.35. The number of nitro benzene ring substituents is 1. The molecule has 0 bridgehead atoms. The van der Waals surface area contributed by atoms with Gasteiger partial charge < -0.3 is 9.30 Å². The molecule has 0 amide bonds. The van der Waals surface area contributed by atoms with Crippen molar-refractivity contribution >= 4 is 22.6 Å². The van der Waals surface area contributed by atoms with E-state index in [1.54, 1.807) is 24.3 Å². The van der Waals surface area contributed by atoms with Crippen molar-refractivity contribution in [3.63, 3.8) is 0 Å².